The summed E-state index contributed by atoms with van der Waals surface area (Å²) in [5.41, 5.74) is 2.81. The number of nitrogens with one attached hydrogen (secondary N) is 1. The summed E-state index contributed by atoms with van der Waals surface area (Å²) in [6.45, 7) is 2.42. The van der Waals surface area contributed by atoms with Crippen LogP contribution >= 0.6 is 27.5 Å². The van der Waals surface area contributed by atoms with Gasteiger partial charge in [0.1, 0.15) is 0 Å². The molecule has 1 N–H and O–H groups in total. The largest absolute Gasteiger partial charge is 0.381 e. The molecule has 0 atom stereocenters. The number of halogens is 2. The number of nitrogens with zero attached hydrogens (tertiary/aromatic N) is 1. The Kier molecular flexibility index (Phi) is 4.62. The second-order valence-corrected chi connectivity index (χ2v) is 5.64. The molecule has 2 rings (SSSR count). The number of hydrogen-bond acceptors (Lipinski definition) is 3. The van der Waals surface area contributed by atoms with Crippen molar-refractivity contribution in [1.29, 1.82) is 0 Å². The number of nitro benzene ring substituents is 1. The molecule has 0 unspecified atom stereocenters. The van der Waals surface area contributed by atoms with Crippen molar-refractivity contribution < 1.29 is 4.92 Å². The van der Waals surface area contributed by atoms with Gasteiger partial charge < -0.3 is 5.32 Å². The van der Waals surface area contributed by atoms with Gasteiger partial charge in [0.25, 0.3) is 5.69 Å². The SMILES string of the molecule is Cc1cc([N+](=O)[O-])ccc1NCc1cc(Cl)ccc1Br. The molecule has 20 heavy (non-hydrogen) atoms. The maximum absolute atomic E-state index is 10.7. The van der Waals surface area contributed by atoms with Crippen LogP contribution < -0.4 is 5.32 Å². The molecule has 0 bridgehead atoms. The van der Waals surface area contributed by atoms with E-state index >= 15 is 0 Å². The highest BCUT2D eigenvalue weighted by molar-refractivity contribution is 9.10. The highest BCUT2D eigenvalue weighted by Crippen LogP contribution is 2.25. The lowest BCUT2D eigenvalue weighted by molar-refractivity contribution is -0.384. The number of non-ortho nitro benzene ring substituents is 1. The smallest absolute Gasteiger partial charge is 0.269 e. The minimum atomic E-state index is -0.398. The van der Waals surface area contributed by atoms with Gasteiger partial charge in [0.05, 0.1) is 4.92 Å². The van der Waals surface area contributed by atoms with Crippen LogP contribution in [0.1, 0.15) is 11.1 Å². The lowest BCUT2D eigenvalue weighted by Crippen LogP contribution is -2.02. The predicted octanol–water partition coefficient (Wildman–Crippen LogP) is 4.93. The fourth-order valence-corrected chi connectivity index (χ4v) is 2.41. The Bertz CT molecular complexity index is 662. The van der Waals surface area contributed by atoms with Crippen molar-refractivity contribution in [3.8, 4) is 0 Å². The number of nitro groups is 1. The van der Waals surface area contributed by atoms with Gasteiger partial charge in [-0.05, 0) is 42.3 Å². The van der Waals surface area contributed by atoms with E-state index in [1.807, 2.05) is 25.1 Å². The van der Waals surface area contributed by atoms with Crippen molar-refractivity contribution in [3.63, 3.8) is 0 Å². The lowest BCUT2D eigenvalue weighted by Gasteiger charge is -2.11. The molecule has 2 aromatic rings. The third-order valence-corrected chi connectivity index (χ3v) is 3.91. The molecule has 6 heteroatoms. The van der Waals surface area contributed by atoms with E-state index in [4.69, 9.17) is 11.6 Å². The van der Waals surface area contributed by atoms with Gasteiger partial charge in [-0.25, -0.2) is 0 Å². The van der Waals surface area contributed by atoms with Crippen molar-refractivity contribution in [3.05, 3.63) is 67.1 Å². The molecule has 104 valence electrons. The van der Waals surface area contributed by atoms with Crippen LogP contribution in [0.2, 0.25) is 5.02 Å². The topological polar surface area (TPSA) is 55.2 Å². The molecule has 0 heterocycles. The van der Waals surface area contributed by atoms with Gasteiger partial charge in [-0.15, -0.1) is 0 Å². The van der Waals surface area contributed by atoms with E-state index in [-0.39, 0.29) is 5.69 Å². The average molecular weight is 356 g/mol. The van der Waals surface area contributed by atoms with Gasteiger partial charge in [-0.1, -0.05) is 27.5 Å². The van der Waals surface area contributed by atoms with E-state index in [1.54, 1.807) is 12.1 Å². The zero-order valence-electron chi connectivity index (χ0n) is 10.7. The quantitative estimate of drug-likeness (QED) is 0.625. The molecular weight excluding hydrogens is 344 g/mol. The minimum Gasteiger partial charge on any atom is -0.381 e. The molecule has 2 aromatic carbocycles. The minimum absolute atomic E-state index is 0.0944. The van der Waals surface area contributed by atoms with Crippen LogP contribution in [0, 0.1) is 17.0 Å². The fourth-order valence-electron chi connectivity index (χ4n) is 1.83. The maximum atomic E-state index is 10.7. The molecule has 0 saturated carbocycles. The molecule has 0 amide bonds. The zero-order valence-corrected chi connectivity index (χ0v) is 13.0. The van der Waals surface area contributed by atoms with E-state index in [0.29, 0.717) is 11.6 Å². The first-order valence-electron chi connectivity index (χ1n) is 5.90. The molecule has 0 aromatic heterocycles. The Balaban J connectivity index is 2.15. The first-order valence-corrected chi connectivity index (χ1v) is 7.07. The first kappa shape index (κ1) is 14.8. The van der Waals surface area contributed by atoms with Crippen LogP contribution in [0.15, 0.2) is 40.9 Å². The highest BCUT2D eigenvalue weighted by Gasteiger charge is 2.08. The first-order chi connectivity index (χ1) is 9.47. The lowest BCUT2D eigenvalue weighted by atomic mass is 10.1. The fraction of sp³-hybridized carbons (Fsp3) is 0.143. The molecule has 0 saturated heterocycles. The standard InChI is InChI=1S/C14H12BrClN2O2/c1-9-6-12(18(19)20)3-5-14(9)17-8-10-7-11(16)2-4-13(10)15/h2-7,17H,8H2,1H3. The predicted molar refractivity (Wildman–Crippen MR) is 84.3 cm³/mol. The number of aryl methyl sites for hydroxylation is 1. The number of anilines is 1. The molecule has 0 spiro atoms. The normalized spacial score (nSPS) is 10.3. The van der Waals surface area contributed by atoms with Crippen molar-refractivity contribution in [2.75, 3.05) is 5.32 Å². The van der Waals surface area contributed by atoms with E-state index in [1.165, 1.54) is 6.07 Å². The summed E-state index contributed by atoms with van der Waals surface area (Å²) in [4.78, 5) is 10.3. The number of benzene rings is 2. The second-order valence-electron chi connectivity index (χ2n) is 4.35. The third kappa shape index (κ3) is 3.49. The second kappa shape index (κ2) is 6.24. The van der Waals surface area contributed by atoms with Crippen LogP contribution in [0.5, 0.6) is 0 Å². The Hall–Kier alpha value is -1.59. The molecule has 0 fully saturated rings. The Morgan fingerprint density at radius 1 is 1.30 bits per heavy atom. The molecule has 0 radical (unpaired) electrons. The Labute approximate surface area is 130 Å². The summed E-state index contributed by atoms with van der Waals surface area (Å²) in [5.74, 6) is 0. The molecule has 0 aliphatic rings. The molecule has 0 aliphatic carbocycles. The monoisotopic (exact) mass is 354 g/mol. The van der Waals surface area contributed by atoms with Crippen molar-refractivity contribution in [2.45, 2.75) is 13.5 Å². The van der Waals surface area contributed by atoms with Crippen LogP contribution in [-0.2, 0) is 6.54 Å². The Morgan fingerprint density at radius 3 is 2.70 bits per heavy atom. The van der Waals surface area contributed by atoms with Gasteiger partial charge in [0.2, 0.25) is 0 Å². The average Bonchev–Trinajstić information content (AvgIpc) is 2.40. The van der Waals surface area contributed by atoms with Crippen molar-refractivity contribution in [2.24, 2.45) is 0 Å². The summed E-state index contributed by atoms with van der Waals surface area (Å²) in [6.07, 6.45) is 0. The highest BCUT2D eigenvalue weighted by atomic mass is 79.9. The molecule has 4 nitrogen and oxygen atoms in total. The summed E-state index contributed by atoms with van der Waals surface area (Å²) in [5, 5.41) is 14.6. The van der Waals surface area contributed by atoms with E-state index in [2.05, 4.69) is 21.2 Å². The van der Waals surface area contributed by atoms with Gasteiger partial charge in [-0.3, -0.25) is 10.1 Å². The van der Waals surface area contributed by atoms with E-state index in [9.17, 15) is 10.1 Å². The molecule has 0 aliphatic heterocycles. The summed E-state index contributed by atoms with van der Waals surface area (Å²) in [7, 11) is 0. The summed E-state index contributed by atoms with van der Waals surface area (Å²) in [6, 6.07) is 10.3. The third-order valence-electron chi connectivity index (χ3n) is 2.90. The van der Waals surface area contributed by atoms with Gasteiger partial charge >= 0.3 is 0 Å². The van der Waals surface area contributed by atoms with Gasteiger partial charge in [0, 0.05) is 33.9 Å². The van der Waals surface area contributed by atoms with E-state index < -0.39 is 4.92 Å². The van der Waals surface area contributed by atoms with Gasteiger partial charge in [-0.2, -0.15) is 0 Å². The van der Waals surface area contributed by atoms with Crippen LogP contribution in [-0.4, -0.2) is 4.92 Å². The van der Waals surface area contributed by atoms with Crippen molar-refractivity contribution >= 4 is 38.9 Å². The van der Waals surface area contributed by atoms with Crippen LogP contribution in [0.4, 0.5) is 11.4 Å². The number of rotatable bonds is 4. The van der Waals surface area contributed by atoms with Crippen molar-refractivity contribution in [1.82, 2.24) is 0 Å². The maximum Gasteiger partial charge on any atom is 0.269 e. The zero-order chi connectivity index (χ0) is 14.7. The molecular formula is C14H12BrClN2O2. The Morgan fingerprint density at radius 2 is 2.05 bits per heavy atom. The van der Waals surface area contributed by atoms with Crippen LogP contribution in [0.25, 0.3) is 0 Å². The summed E-state index contributed by atoms with van der Waals surface area (Å²) >= 11 is 9.43. The van der Waals surface area contributed by atoms with E-state index in [0.717, 1.165) is 21.3 Å². The number of hydrogen-bond donors (Lipinski definition) is 1. The van der Waals surface area contributed by atoms with Gasteiger partial charge in [0.15, 0.2) is 0 Å². The summed E-state index contributed by atoms with van der Waals surface area (Å²) < 4.78 is 0.967. The van der Waals surface area contributed by atoms with Crippen LogP contribution in [0.3, 0.4) is 0 Å².